The fourth-order valence-corrected chi connectivity index (χ4v) is 2.86. The lowest BCUT2D eigenvalue weighted by atomic mass is 10.1. The van der Waals surface area contributed by atoms with E-state index in [-0.39, 0.29) is 0 Å². The SMILES string of the molecule is O=C(O)C1C=CC=C(c2cnn(-c3ccc(-n4cccc4)cc3)c2)C=C1. The predicted molar refractivity (Wildman–Crippen MR) is 100 cm³/mol. The zero-order valence-electron chi connectivity index (χ0n) is 13.9. The Balaban J connectivity index is 1.57. The highest BCUT2D eigenvalue weighted by Gasteiger charge is 2.12. The highest BCUT2D eigenvalue weighted by atomic mass is 16.4. The molecular formula is C21H17N3O2. The molecule has 26 heavy (non-hydrogen) atoms. The second-order valence-electron chi connectivity index (χ2n) is 6.01. The first-order valence-electron chi connectivity index (χ1n) is 8.29. The summed E-state index contributed by atoms with van der Waals surface area (Å²) in [6.45, 7) is 0. The third kappa shape index (κ3) is 3.15. The molecule has 1 unspecified atom stereocenters. The van der Waals surface area contributed by atoms with E-state index in [0.717, 1.165) is 22.5 Å². The maximum Gasteiger partial charge on any atom is 0.314 e. The number of nitrogens with zero attached hydrogens (tertiary/aromatic N) is 3. The van der Waals surface area contributed by atoms with Crippen LogP contribution >= 0.6 is 0 Å². The maximum absolute atomic E-state index is 11.1. The van der Waals surface area contributed by atoms with Crippen LogP contribution in [-0.4, -0.2) is 25.4 Å². The number of aliphatic carboxylic acids is 1. The topological polar surface area (TPSA) is 60.0 Å². The van der Waals surface area contributed by atoms with Crippen LogP contribution in [0, 0.1) is 5.92 Å². The van der Waals surface area contributed by atoms with E-state index in [1.54, 1.807) is 24.4 Å². The van der Waals surface area contributed by atoms with E-state index in [1.807, 2.05) is 76.4 Å². The Kier molecular flexibility index (Phi) is 4.11. The predicted octanol–water partition coefficient (Wildman–Crippen LogP) is 3.87. The van der Waals surface area contributed by atoms with E-state index in [4.69, 9.17) is 5.11 Å². The molecule has 5 nitrogen and oxygen atoms in total. The van der Waals surface area contributed by atoms with Crippen molar-refractivity contribution in [1.82, 2.24) is 14.3 Å². The molecule has 1 N–H and O–H groups in total. The molecular weight excluding hydrogens is 326 g/mol. The molecule has 0 amide bonds. The molecule has 1 aromatic carbocycles. The molecule has 128 valence electrons. The molecule has 0 aliphatic heterocycles. The second kappa shape index (κ2) is 6.72. The summed E-state index contributed by atoms with van der Waals surface area (Å²) in [6.07, 6.45) is 16.6. The van der Waals surface area contributed by atoms with Gasteiger partial charge >= 0.3 is 5.97 Å². The lowest BCUT2D eigenvalue weighted by molar-refractivity contribution is -0.138. The van der Waals surface area contributed by atoms with Gasteiger partial charge in [-0.25, -0.2) is 4.68 Å². The number of aromatic nitrogens is 3. The molecule has 0 saturated carbocycles. The largest absolute Gasteiger partial charge is 0.481 e. The maximum atomic E-state index is 11.1. The zero-order chi connectivity index (χ0) is 17.9. The highest BCUT2D eigenvalue weighted by molar-refractivity contribution is 5.80. The molecule has 0 saturated heterocycles. The van der Waals surface area contributed by atoms with Gasteiger partial charge in [0.2, 0.25) is 0 Å². The van der Waals surface area contributed by atoms with Crippen LogP contribution in [0.4, 0.5) is 0 Å². The number of hydrogen-bond donors (Lipinski definition) is 1. The van der Waals surface area contributed by atoms with Gasteiger partial charge < -0.3 is 9.67 Å². The average Bonchev–Trinajstić information content (AvgIpc) is 3.30. The van der Waals surface area contributed by atoms with Gasteiger partial charge in [0.25, 0.3) is 0 Å². The second-order valence-corrected chi connectivity index (χ2v) is 6.01. The van der Waals surface area contributed by atoms with Crippen molar-refractivity contribution in [3.8, 4) is 11.4 Å². The van der Waals surface area contributed by atoms with Gasteiger partial charge in [-0.3, -0.25) is 4.79 Å². The summed E-state index contributed by atoms with van der Waals surface area (Å²) >= 11 is 0. The quantitative estimate of drug-likeness (QED) is 0.782. The van der Waals surface area contributed by atoms with Gasteiger partial charge in [0.15, 0.2) is 0 Å². The summed E-state index contributed by atoms with van der Waals surface area (Å²) < 4.78 is 3.86. The summed E-state index contributed by atoms with van der Waals surface area (Å²) in [5, 5.41) is 13.6. The van der Waals surface area contributed by atoms with Gasteiger partial charge in [0.1, 0.15) is 0 Å². The molecule has 0 bridgehead atoms. The van der Waals surface area contributed by atoms with Crippen molar-refractivity contribution in [3.05, 3.63) is 97.1 Å². The zero-order valence-corrected chi connectivity index (χ0v) is 13.9. The van der Waals surface area contributed by atoms with Crippen molar-refractivity contribution in [2.24, 2.45) is 5.92 Å². The first-order valence-corrected chi connectivity index (χ1v) is 8.29. The van der Waals surface area contributed by atoms with Crippen LogP contribution in [0.25, 0.3) is 16.9 Å². The number of carbonyl (C=O) groups is 1. The van der Waals surface area contributed by atoms with E-state index in [9.17, 15) is 4.79 Å². The minimum Gasteiger partial charge on any atom is -0.481 e. The standard InChI is InChI=1S/C21H17N3O2/c25-21(26)17-5-3-4-16(6-7-17)18-14-22-24(15-18)20-10-8-19(9-11-20)23-12-1-2-13-23/h1-15,17H,(H,25,26). The van der Waals surface area contributed by atoms with E-state index >= 15 is 0 Å². The number of carboxylic acids is 1. The summed E-state index contributed by atoms with van der Waals surface area (Å²) in [4.78, 5) is 11.1. The van der Waals surface area contributed by atoms with Gasteiger partial charge in [-0.15, -0.1) is 0 Å². The summed E-state index contributed by atoms with van der Waals surface area (Å²) in [5.74, 6) is -1.45. The van der Waals surface area contributed by atoms with E-state index < -0.39 is 11.9 Å². The first kappa shape index (κ1) is 15.9. The Hall–Kier alpha value is -3.60. The molecule has 2 aromatic heterocycles. The van der Waals surface area contributed by atoms with Gasteiger partial charge in [-0.1, -0.05) is 30.4 Å². The Morgan fingerprint density at radius 2 is 1.77 bits per heavy atom. The number of hydrogen-bond acceptors (Lipinski definition) is 2. The van der Waals surface area contributed by atoms with Crippen molar-refractivity contribution in [1.29, 1.82) is 0 Å². The van der Waals surface area contributed by atoms with Crippen molar-refractivity contribution < 1.29 is 9.90 Å². The van der Waals surface area contributed by atoms with Gasteiger partial charge in [-0.2, -0.15) is 5.10 Å². The van der Waals surface area contributed by atoms with Crippen LogP contribution in [0.1, 0.15) is 5.56 Å². The minimum absolute atomic E-state index is 0.597. The molecule has 5 heteroatoms. The Morgan fingerprint density at radius 1 is 1.04 bits per heavy atom. The number of benzene rings is 1. The van der Waals surface area contributed by atoms with Crippen LogP contribution in [0.5, 0.6) is 0 Å². The Labute approximate surface area is 150 Å². The van der Waals surface area contributed by atoms with Crippen LogP contribution in [0.2, 0.25) is 0 Å². The Bertz CT molecular complexity index is 1010. The van der Waals surface area contributed by atoms with Crippen LogP contribution in [-0.2, 0) is 4.79 Å². The minimum atomic E-state index is -0.856. The molecule has 1 atom stereocenters. The first-order chi connectivity index (χ1) is 12.7. The van der Waals surface area contributed by atoms with Crippen molar-refractivity contribution in [2.45, 2.75) is 0 Å². The molecule has 1 aliphatic rings. The third-order valence-corrected chi connectivity index (χ3v) is 4.30. The third-order valence-electron chi connectivity index (χ3n) is 4.30. The molecule has 1 aliphatic carbocycles. The van der Waals surface area contributed by atoms with Crippen molar-refractivity contribution >= 4 is 11.5 Å². The molecule has 0 spiro atoms. The summed E-state index contributed by atoms with van der Waals surface area (Å²) in [7, 11) is 0. The number of rotatable bonds is 4. The van der Waals surface area contributed by atoms with Crippen molar-refractivity contribution in [2.75, 3.05) is 0 Å². The molecule has 2 heterocycles. The fraction of sp³-hybridized carbons (Fsp3) is 0.0476. The Morgan fingerprint density at radius 3 is 2.50 bits per heavy atom. The lowest BCUT2D eigenvalue weighted by Gasteiger charge is -2.05. The lowest BCUT2D eigenvalue weighted by Crippen LogP contribution is -2.06. The van der Waals surface area contributed by atoms with Gasteiger partial charge in [-0.05, 0) is 42.0 Å². The van der Waals surface area contributed by atoms with Crippen LogP contribution < -0.4 is 0 Å². The molecule has 3 aromatic rings. The van der Waals surface area contributed by atoms with Gasteiger partial charge in [0.05, 0.1) is 17.8 Å². The summed E-state index contributed by atoms with van der Waals surface area (Å²) in [5.41, 5.74) is 3.92. The van der Waals surface area contributed by atoms with Crippen molar-refractivity contribution in [3.63, 3.8) is 0 Å². The van der Waals surface area contributed by atoms with E-state index in [1.165, 1.54) is 0 Å². The summed E-state index contributed by atoms with van der Waals surface area (Å²) in [6, 6.07) is 12.1. The average molecular weight is 343 g/mol. The molecule has 0 fully saturated rings. The molecule has 0 radical (unpaired) electrons. The van der Waals surface area contributed by atoms with Crippen LogP contribution in [0.3, 0.4) is 0 Å². The smallest absolute Gasteiger partial charge is 0.314 e. The van der Waals surface area contributed by atoms with E-state index in [2.05, 4.69) is 5.10 Å². The fourth-order valence-electron chi connectivity index (χ4n) is 2.86. The van der Waals surface area contributed by atoms with Gasteiger partial charge in [0, 0.05) is 29.8 Å². The van der Waals surface area contributed by atoms with Crippen LogP contribution in [0.15, 0.2) is 91.6 Å². The number of allylic oxidation sites excluding steroid dienone is 4. The normalized spacial score (nSPS) is 16.3. The van der Waals surface area contributed by atoms with E-state index in [0.29, 0.717) is 0 Å². The molecule has 4 rings (SSSR count). The highest BCUT2D eigenvalue weighted by Crippen LogP contribution is 2.21. The monoisotopic (exact) mass is 343 g/mol. The number of carboxylic acid groups (broad SMARTS) is 1.